The Bertz CT molecular complexity index is 638. The van der Waals surface area contributed by atoms with E-state index in [1.807, 2.05) is 18.7 Å². The van der Waals surface area contributed by atoms with Gasteiger partial charge in [0.05, 0.1) is 0 Å². The summed E-state index contributed by atoms with van der Waals surface area (Å²) < 4.78 is 0. The Balaban J connectivity index is 2.01. The number of H-pyrrole nitrogens is 1. The van der Waals surface area contributed by atoms with Gasteiger partial charge in [0.25, 0.3) is 5.91 Å². The fourth-order valence-electron chi connectivity index (χ4n) is 2.79. The van der Waals surface area contributed by atoms with E-state index in [2.05, 4.69) is 15.5 Å². The van der Waals surface area contributed by atoms with E-state index < -0.39 is 11.3 Å². The second-order valence-corrected chi connectivity index (χ2v) is 6.31. The maximum Gasteiger partial charge on any atom is 0.275 e. The molecule has 1 atom stereocenters. The first kappa shape index (κ1) is 17.2. The number of carbonyl (C=O) groups is 2. The van der Waals surface area contributed by atoms with Crippen LogP contribution < -0.4 is 10.7 Å². The molecule has 1 aliphatic rings. The van der Waals surface area contributed by atoms with Crippen molar-refractivity contribution in [1.29, 1.82) is 0 Å². The summed E-state index contributed by atoms with van der Waals surface area (Å²) in [5.74, 6) is -0.461. The zero-order valence-corrected chi connectivity index (χ0v) is 13.9. The first-order valence-electron chi connectivity index (χ1n) is 8.05. The molecule has 1 saturated heterocycles. The minimum absolute atomic E-state index is 0.0212. The lowest BCUT2D eigenvalue weighted by atomic mass is 10.00. The molecule has 126 valence electrons. The molecule has 23 heavy (non-hydrogen) atoms. The van der Waals surface area contributed by atoms with Crippen molar-refractivity contribution in [2.75, 3.05) is 13.1 Å². The molecule has 1 aromatic heterocycles. The minimum atomic E-state index is -0.506. The molecule has 0 aromatic carbocycles. The lowest BCUT2D eigenvalue weighted by Crippen LogP contribution is -2.51. The standard InChI is InChI=1S/C16H24N4O3/c1-10(2)16(23)20-7-5-4-6-12(20)9-17-15(22)14-13(21)8-11(3)18-19-14/h8,10,12H,4-7,9H2,1-3H3,(H,17,22)(H,18,21). The Hall–Kier alpha value is -2.18. The van der Waals surface area contributed by atoms with Gasteiger partial charge < -0.3 is 10.2 Å². The summed E-state index contributed by atoms with van der Waals surface area (Å²) in [7, 11) is 0. The molecule has 7 heteroatoms. The highest BCUT2D eigenvalue weighted by molar-refractivity contribution is 5.92. The predicted octanol–water partition coefficient (Wildman–Crippen LogP) is 0.845. The Kier molecular flexibility index (Phi) is 5.52. The highest BCUT2D eigenvalue weighted by Crippen LogP contribution is 2.18. The molecule has 0 spiro atoms. The Morgan fingerprint density at radius 2 is 2.17 bits per heavy atom. The average Bonchev–Trinajstić information content (AvgIpc) is 2.52. The van der Waals surface area contributed by atoms with Crippen LogP contribution in [0.25, 0.3) is 0 Å². The Morgan fingerprint density at radius 1 is 1.43 bits per heavy atom. The minimum Gasteiger partial charge on any atom is -0.348 e. The van der Waals surface area contributed by atoms with Crippen LogP contribution >= 0.6 is 0 Å². The average molecular weight is 320 g/mol. The third kappa shape index (κ3) is 4.18. The van der Waals surface area contributed by atoms with E-state index in [-0.39, 0.29) is 23.6 Å². The maximum absolute atomic E-state index is 12.3. The van der Waals surface area contributed by atoms with Crippen LogP contribution in [0.3, 0.4) is 0 Å². The number of aromatic amines is 1. The van der Waals surface area contributed by atoms with E-state index >= 15 is 0 Å². The fraction of sp³-hybridized carbons (Fsp3) is 0.625. The quantitative estimate of drug-likeness (QED) is 0.859. The van der Waals surface area contributed by atoms with Crippen molar-refractivity contribution >= 4 is 11.8 Å². The SMILES string of the molecule is Cc1cc(=O)c(C(=O)NCC2CCCCN2C(=O)C(C)C)n[nH]1. The van der Waals surface area contributed by atoms with E-state index in [1.54, 1.807) is 6.92 Å². The fourth-order valence-corrected chi connectivity index (χ4v) is 2.79. The monoisotopic (exact) mass is 320 g/mol. The topological polar surface area (TPSA) is 95.2 Å². The van der Waals surface area contributed by atoms with E-state index in [4.69, 9.17) is 0 Å². The number of hydrogen-bond acceptors (Lipinski definition) is 4. The first-order chi connectivity index (χ1) is 10.9. The van der Waals surface area contributed by atoms with Gasteiger partial charge in [0.1, 0.15) is 0 Å². The van der Waals surface area contributed by atoms with Gasteiger partial charge in [0.15, 0.2) is 5.69 Å². The van der Waals surface area contributed by atoms with Crippen LogP contribution in [0.1, 0.15) is 49.3 Å². The van der Waals surface area contributed by atoms with Crippen molar-refractivity contribution in [3.63, 3.8) is 0 Å². The number of piperidine rings is 1. The largest absolute Gasteiger partial charge is 0.348 e. The molecule has 2 amide bonds. The van der Waals surface area contributed by atoms with Crippen molar-refractivity contribution < 1.29 is 9.59 Å². The van der Waals surface area contributed by atoms with Crippen LogP contribution in [-0.2, 0) is 4.79 Å². The van der Waals surface area contributed by atoms with Crippen molar-refractivity contribution in [2.45, 2.75) is 46.1 Å². The van der Waals surface area contributed by atoms with Crippen LogP contribution in [-0.4, -0.2) is 46.0 Å². The van der Waals surface area contributed by atoms with Crippen LogP contribution in [0, 0.1) is 12.8 Å². The molecule has 0 aliphatic carbocycles. The number of rotatable bonds is 4. The van der Waals surface area contributed by atoms with Crippen molar-refractivity contribution in [3.05, 3.63) is 27.7 Å². The Labute approximate surface area is 135 Å². The number of nitrogens with zero attached hydrogens (tertiary/aromatic N) is 2. The number of likely N-dealkylation sites (tertiary alicyclic amines) is 1. The van der Waals surface area contributed by atoms with Gasteiger partial charge in [-0.2, -0.15) is 5.10 Å². The summed E-state index contributed by atoms with van der Waals surface area (Å²) in [6, 6.07) is 1.32. The van der Waals surface area contributed by atoms with Gasteiger partial charge in [0.2, 0.25) is 11.3 Å². The maximum atomic E-state index is 12.3. The van der Waals surface area contributed by atoms with Gasteiger partial charge in [-0.3, -0.25) is 19.5 Å². The third-order valence-corrected chi connectivity index (χ3v) is 4.04. The number of aryl methyl sites for hydroxylation is 1. The summed E-state index contributed by atoms with van der Waals surface area (Å²) in [5, 5.41) is 9.16. The van der Waals surface area contributed by atoms with Gasteiger partial charge >= 0.3 is 0 Å². The molecule has 1 aliphatic heterocycles. The van der Waals surface area contributed by atoms with Gasteiger partial charge in [-0.05, 0) is 26.2 Å². The molecular weight excluding hydrogens is 296 g/mol. The molecule has 2 rings (SSSR count). The zero-order chi connectivity index (χ0) is 17.0. The van der Waals surface area contributed by atoms with E-state index in [0.29, 0.717) is 12.2 Å². The summed E-state index contributed by atoms with van der Waals surface area (Å²) in [6.45, 7) is 6.52. The lowest BCUT2D eigenvalue weighted by Gasteiger charge is -2.37. The third-order valence-electron chi connectivity index (χ3n) is 4.04. The molecular formula is C16H24N4O3. The van der Waals surface area contributed by atoms with Crippen molar-refractivity contribution in [1.82, 2.24) is 20.4 Å². The van der Waals surface area contributed by atoms with E-state index in [0.717, 1.165) is 25.8 Å². The summed E-state index contributed by atoms with van der Waals surface area (Å²) in [6.07, 6.45) is 2.88. The van der Waals surface area contributed by atoms with Gasteiger partial charge in [-0.15, -0.1) is 0 Å². The predicted molar refractivity (Wildman–Crippen MR) is 86.1 cm³/mol. The Morgan fingerprint density at radius 3 is 2.83 bits per heavy atom. The van der Waals surface area contributed by atoms with Gasteiger partial charge in [0, 0.05) is 36.8 Å². The molecule has 7 nitrogen and oxygen atoms in total. The number of amides is 2. The van der Waals surface area contributed by atoms with E-state index in [9.17, 15) is 14.4 Å². The second-order valence-electron chi connectivity index (χ2n) is 6.31. The second kappa shape index (κ2) is 7.39. The molecule has 1 fully saturated rings. The zero-order valence-electron chi connectivity index (χ0n) is 13.9. The summed E-state index contributed by atoms with van der Waals surface area (Å²) in [5.41, 5.74) is 0.0539. The van der Waals surface area contributed by atoms with Gasteiger partial charge in [-0.1, -0.05) is 13.8 Å². The van der Waals surface area contributed by atoms with Crippen LogP contribution in [0.4, 0.5) is 0 Å². The number of nitrogens with one attached hydrogen (secondary N) is 2. The van der Waals surface area contributed by atoms with Crippen LogP contribution in [0.5, 0.6) is 0 Å². The van der Waals surface area contributed by atoms with Crippen LogP contribution in [0.2, 0.25) is 0 Å². The molecule has 0 bridgehead atoms. The molecule has 0 saturated carbocycles. The first-order valence-corrected chi connectivity index (χ1v) is 8.05. The summed E-state index contributed by atoms with van der Waals surface area (Å²) >= 11 is 0. The summed E-state index contributed by atoms with van der Waals surface area (Å²) in [4.78, 5) is 38.0. The number of hydrogen-bond donors (Lipinski definition) is 2. The smallest absolute Gasteiger partial charge is 0.275 e. The molecule has 1 aromatic rings. The highest BCUT2D eigenvalue weighted by atomic mass is 16.2. The van der Waals surface area contributed by atoms with Crippen molar-refractivity contribution in [2.24, 2.45) is 5.92 Å². The highest BCUT2D eigenvalue weighted by Gasteiger charge is 2.28. The molecule has 1 unspecified atom stereocenters. The lowest BCUT2D eigenvalue weighted by molar-refractivity contribution is -0.138. The van der Waals surface area contributed by atoms with Crippen LogP contribution in [0.15, 0.2) is 10.9 Å². The molecule has 2 N–H and O–H groups in total. The van der Waals surface area contributed by atoms with Crippen molar-refractivity contribution in [3.8, 4) is 0 Å². The number of carbonyl (C=O) groups excluding carboxylic acids is 2. The molecule has 0 radical (unpaired) electrons. The van der Waals surface area contributed by atoms with Gasteiger partial charge in [-0.25, -0.2) is 0 Å². The molecule has 2 heterocycles. The number of aromatic nitrogens is 2. The van der Waals surface area contributed by atoms with E-state index in [1.165, 1.54) is 6.07 Å². The normalized spacial score (nSPS) is 18.1.